The number of anilines is 1. The summed E-state index contributed by atoms with van der Waals surface area (Å²) < 4.78 is 13.1. The molecule has 0 saturated heterocycles. The van der Waals surface area contributed by atoms with Gasteiger partial charge < -0.3 is 19.4 Å². The summed E-state index contributed by atoms with van der Waals surface area (Å²) in [7, 11) is 1.84. The summed E-state index contributed by atoms with van der Waals surface area (Å²) >= 11 is 8.80. The zero-order valence-electron chi connectivity index (χ0n) is 20.5. The lowest BCUT2D eigenvalue weighted by atomic mass is 10.1. The number of nitrogens with one attached hydrogen (secondary N) is 1. The highest BCUT2D eigenvalue weighted by atomic mass is 35.5. The van der Waals surface area contributed by atoms with Crippen LogP contribution in [0.1, 0.15) is 65.8 Å². The second-order valence-electron chi connectivity index (χ2n) is 8.44. The van der Waals surface area contributed by atoms with E-state index >= 15 is 0 Å². The van der Waals surface area contributed by atoms with Crippen LogP contribution in [0.25, 0.3) is 0 Å². The number of nitrogens with zero attached hydrogens (tertiary/aromatic N) is 3. The van der Waals surface area contributed by atoms with Gasteiger partial charge in [-0.25, -0.2) is 4.79 Å². The normalized spacial score (nSPS) is 14.0. The van der Waals surface area contributed by atoms with Gasteiger partial charge in [0.25, 0.3) is 0 Å². The van der Waals surface area contributed by atoms with E-state index in [9.17, 15) is 9.59 Å². The van der Waals surface area contributed by atoms with Crippen LogP contribution in [0.3, 0.4) is 0 Å². The quantitative estimate of drug-likeness (QED) is 0.204. The highest BCUT2D eigenvalue weighted by molar-refractivity contribution is 7.99. The number of ether oxygens (including phenoxy) is 2. The van der Waals surface area contributed by atoms with Gasteiger partial charge >= 0.3 is 5.97 Å². The number of aromatic nitrogens is 3. The Bertz CT molecular complexity index is 1240. The molecule has 0 bridgehead atoms. The maximum Gasteiger partial charge on any atom is 0.341 e. The van der Waals surface area contributed by atoms with Crippen molar-refractivity contribution in [1.82, 2.24) is 14.8 Å². The van der Waals surface area contributed by atoms with Crippen LogP contribution in [0, 0.1) is 0 Å². The minimum Gasteiger partial charge on any atom is -0.483 e. The molecule has 3 aromatic rings. The Labute approximate surface area is 223 Å². The van der Waals surface area contributed by atoms with Gasteiger partial charge in [0, 0.05) is 16.9 Å². The number of thioether (sulfide) groups is 1. The van der Waals surface area contributed by atoms with Crippen molar-refractivity contribution >= 4 is 51.6 Å². The molecule has 0 saturated carbocycles. The number of fused-ring (bicyclic) bond motifs is 1. The largest absolute Gasteiger partial charge is 0.483 e. The first-order chi connectivity index (χ1) is 17.4. The molecule has 2 aromatic heterocycles. The van der Waals surface area contributed by atoms with Gasteiger partial charge in [-0.2, -0.15) is 0 Å². The van der Waals surface area contributed by atoms with Crippen LogP contribution in [0.2, 0.25) is 5.02 Å². The van der Waals surface area contributed by atoms with E-state index in [1.54, 1.807) is 19.1 Å². The van der Waals surface area contributed by atoms with Gasteiger partial charge in [0.15, 0.2) is 17.1 Å². The molecule has 11 heteroatoms. The number of aryl methyl sites for hydroxylation is 1. The minimum absolute atomic E-state index is 0.125. The van der Waals surface area contributed by atoms with Gasteiger partial charge in [-0.15, -0.1) is 21.5 Å². The molecule has 36 heavy (non-hydrogen) atoms. The molecule has 1 aliphatic rings. The van der Waals surface area contributed by atoms with E-state index in [2.05, 4.69) is 15.5 Å². The SMILES string of the molecule is CCOC(=O)c1c(NC(=O)CSc2nnc(C(C)Oc3cccc(Cl)c3)n2C)sc2c1CCCCC2. The molecule has 1 amide bonds. The number of halogens is 1. The number of amides is 1. The highest BCUT2D eigenvalue weighted by Gasteiger charge is 2.27. The van der Waals surface area contributed by atoms with Gasteiger partial charge in [-0.05, 0) is 63.3 Å². The van der Waals surface area contributed by atoms with E-state index in [1.807, 2.05) is 30.7 Å². The number of carbonyl (C=O) groups excluding carboxylic acids is 2. The van der Waals surface area contributed by atoms with E-state index in [-0.39, 0.29) is 23.7 Å². The maximum absolute atomic E-state index is 12.9. The van der Waals surface area contributed by atoms with Crippen molar-refractivity contribution in [2.24, 2.45) is 7.05 Å². The van der Waals surface area contributed by atoms with Gasteiger partial charge in [-0.3, -0.25) is 4.79 Å². The molecule has 1 atom stereocenters. The van der Waals surface area contributed by atoms with Crippen LogP contribution in [0.15, 0.2) is 29.4 Å². The van der Waals surface area contributed by atoms with Gasteiger partial charge in [0.05, 0.1) is 17.9 Å². The Morgan fingerprint density at radius 3 is 2.83 bits per heavy atom. The molecule has 8 nitrogen and oxygen atoms in total. The Morgan fingerprint density at radius 1 is 1.25 bits per heavy atom. The molecule has 192 valence electrons. The lowest BCUT2D eigenvalue weighted by molar-refractivity contribution is -0.113. The van der Waals surface area contributed by atoms with Crippen LogP contribution in [-0.2, 0) is 29.4 Å². The molecule has 1 aliphatic carbocycles. The lowest BCUT2D eigenvalue weighted by Crippen LogP contribution is -2.17. The average Bonchev–Trinajstić information content (AvgIpc) is 3.28. The maximum atomic E-state index is 12.9. The molecule has 1 N–H and O–H groups in total. The van der Waals surface area contributed by atoms with Crippen molar-refractivity contribution in [2.45, 2.75) is 57.2 Å². The number of thiophene rings is 1. The zero-order chi connectivity index (χ0) is 25.7. The summed E-state index contributed by atoms with van der Waals surface area (Å²) in [5.74, 6) is 0.810. The van der Waals surface area contributed by atoms with E-state index in [1.165, 1.54) is 28.0 Å². The molecular weight excluding hydrogens is 520 g/mol. The molecule has 0 spiro atoms. The smallest absolute Gasteiger partial charge is 0.341 e. The first kappa shape index (κ1) is 26.5. The standard InChI is InChI=1S/C25H29ClN4O4S2/c1-4-33-24(32)21-18-11-6-5-7-12-19(18)36-23(21)27-20(31)14-35-25-29-28-22(30(25)3)15(2)34-17-10-8-9-16(26)13-17/h8-10,13,15H,4-7,11-12,14H2,1-3H3,(H,27,31). The Balaban J connectivity index is 1.41. The number of hydrogen-bond donors (Lipinski definition) is 1. The third-order valence-corrected chi connectivity index (χ3v) is 8.29. The summed E-state index contributed by atoms with van der Waals surface area (Å²) in [6, 6.07) is 7.17. The molecule has 1 aromatic carbocycles. The van der Waals surface area contributed by atoms with Crippen LogP contribution in [-0.4, -0.2) is 39.0 Å². The summed E-state index contributed by atoms with van der Waals surface area (Å²) in [4.78, 5) is 26.7. The third-order valence-electron chi connectivity index (χ3n) is 5.83. The second kappa shape index (κ2) is 12.1. The van der Waals surface area contributed by atoms with Crippen LogP contribution >= 0.6 is 34.7 Å². The Morgan fingerprint density at radius 2 is 2.06 bits per heavy atom. The lowest BCUT2D eigenvalue weighted by Gasteiger charge is -2.14. The van der Waals surface area contributed by atoms with Gasteiger partial charge in [-0.1, -0.05) is 35.9 Å². The van der Waals surface area contributed by atoms with Crippen LogP contribution in [0.5, 0.6) is 5.75 Å². The van der Waals surface area contributed by atoms with Crippen molar-refractivity contribution in [2.75, 3.05) is 17.7 Å². The number of esters is 1. The predicted octanol–water partition coefficient (Wildman–Crippen LogP) is 5.85. The second-order valence-corrected chi connectivity index (χ2v) is 10.9. The molecule has 0 fully saturated rings. The zero-order valence-corrected chi connectivity index (χ0v) is 22.9. The topological polar surface area (TPSA) is 95.3 Å². The third kappa shape index (κ3) is 6.22. The molecular formula is C25H29ClN4O4S2. The fourth-order valence-electron chi connectivity index (χ4n) is 4.15. The summed E-state index contributed by atoms with van der Waals surface area (Å²) in [6.45, 7) is 3.96. The van der Waals surface area contributed by atoms with E-state index in [0.717, 1.165) is 37.7 Å². The Kier molecular flexibility index (Phi) is 8.92. The van der Waals surface area contributed by atoms with Crippen molar-refractivity contribution in [3.8, 4) is 5.75 Å². The van der Waals surface area contributed by atoms with E-state index < -0.39 is 0 Å². The number of hydrogen-bond acceptors (Lipinski definition) is 8. The summed E-state index contributed by atoms with van der Waals surface area (Å²) in [5, 5.41) is 13.2. The molecule has 0 aliphatic heterocycles. The minimum atomic E-state index is -0.369. The first-order valence-electron chi connectivity index (χ1n) is 11.9. The van der Waals surface area contributed by atoms with Crippen molar-refractivity contribution in [1.29, 1.82) is 0 Å². The molecule has 2 heterocycles. The number of benzene rings is 1. The van der Waals surface area contributed by atoms with Crippen LogP contribution in [0.4, 0.5) is 5.00 Å². The molecule has 4 rings (SSSR count). The first-order valence-corrected chi connectivity index (χ1v) is 14.1. The van der Waals surface area contributed by atoms with Crippen molar-refractivity contribution < 1.29 is 19.1 Å². The monoisotopic (exact) mass is 548 g/mol. The van der Waals surface area contributed by atoms with Crippen molar-refractivity contribution in [3.05, 3.63) is 51.1 Å². The predicted molar refractivity (Wildman–Crippen MR) is 142 cm³/mol. The van der Waals surface area contributed by atoms with Crippen molar-refractivity contribution in [3.63, 3.8) is 0 Å². The fraction of sp³-hybridized carbons (Fsp3) is 0.440. The van der Waals surface area contributed by atoms with E-state index in [0.29, 0.717) is 38.9 Å². The van der Waals surface area contributed by atoms with Crippen LogP contribution < -0.4 is 10.1 Å². The number of rotatable bonds is 9. The number of carbonyl (C=O) groups is 2. The van der Waals surface area contributed by atoms with Gasteiger partial charge in [0.1, 0.15) is 10.8 Å². The fourth-order valence-corrected chi connectivity index (χ4v) is 6.34. The summed E-state index contributed by atoms with van der Waals surface area (Å²) in [5.41, 5.74) is 1.55. The average molecular weight is 549 g/mol. The molecule has 0 radical (unpaired) electrons. The van der Waals surface area contributed by atoms with Gasteiger partial charge in [0.2, 0.25) is 5.91 Å². The van der Waals surface area contributed by atoms with E-state index in [4.69, 9.17) is 21.1 Å². The Hall–Kier alpha value is -2.56. The highest BCUT2D eigenvalue weighted by Crippen LogP contribution is 2.38. The molecule has 1 unspecified atom stereocenters. The summed E-state index contributed by atoms with van der Waals surface area (Å²) in [6.07, 6.45) is 4.67.